The van der Waals surface area contributed by atoms with Crippen LogP contribution in [0.1, 0.15) is 155 Å². The molecule has 2 aliphatic heterocycles. The van der Waals surface area contributed by atoms with Crippen LogP contribution in [0.25, 0.3) is 0 Å². The van der Waals surface area contributed by atoms with Crippen LogP contribution in [-0.2, 0) is 14.3 Å². The second-order valence-corrected chi connectivity index (χ2v) is 13.3. The standard InChI is InChI=1S/C35H64O8/c1-3-4-5-6-7-8-9-10-11-15-18-31(39)33-21-22-34(43-33)32(40)20-19-30(38)25-29(37)17-14-12-13-16-28(36)24-27-23-26(2)42-35(27)41/h23,26,28-34,36-40H,3-22,24-25H2,1-2H3/t26-,28+,29+,30-,31-,32-,33-,34-/m0/s1. The molecule has 0 bridgehead atoms. The maximum absolute atomic E-state index is 11.7. The second kappa shape index (κ2) is 22.5. The molecule has 0 aromatic carbocycles. The van der Waals surface area contributed by atoms with E-state index in [1.807, 2.05) is 0 Å². The van der Waals surface area contributed by atoms with Gasteiger partial charge in [-0.2, -0.15) is 0 Å². The monoisotopic (exact) mass is 612 g/mol. The minimum absolute atomic E-state index is 0.217. The van der Waals surface area contributed by atoms with Crippen molar-refractivity contribution in [3.05, 3.63) is 11.6 Å². The van der Waals surface area contributed by atoms with E-state index >= 15 is 0 Å². The van der Waals surface area contributed by atoms with Crippen LogP contribution >= 0.6 is 0 Å². The lowest BCUT2D eigenvalue weighted by Crippen LogP contribution is -2.31. The summed E-state index contributed by atoms with van der Waals surface area (Å²) in [5, 5.41) is 52.1. The number of esters is 1. The van der Waals surface area contributed by atoms with E-state index in [1.54, 1.807) is 13.0 Å². The first kappa shape index (κ1) is 38.2. The third-order valence-electron chi connectivity index (χ3n) is 9.16. The van der Waals surface area contributed by atoms with Crippen molar-refractivity contribution in [1.29, 1.82) is 0 Å². The van der Waals surface area contributed by atoms with Crippen LogP contribution in [0.5, 0.6) is 0 Å². The second-order valence-electron chi connectivity index (χ2n) is 13.3. The number of unbranched alkanes of at least 4 members (excludes halogenated alkanes) is 11. The molecule has 0 spiro atoms. The van der Waals surface area contributed by atoms with Crippen LogP contribution in [0.3, 0.4) is 0 Å². The van der Waals surface area contributed by atoms with Gasteiger partial charge in [-0.3, -0.25) is 0 Å². The Hall–Kier alpha value is -1.03. The Labute approximate surface area is 261 Å². The molecular weight excluding hydrogens is 548 g/mol. The highest BCUT2D eigenvalue weighted by molar-refractivity contribution is 5.90. The van der Waals surface area contributed by atoms with Gasteiger partial charge in [-0.25, -0.2) is 4.79 Å². The summed E-state index contributed by atoms with van der Waals surface area (Å²) in [6.45, 7) is 4.04. The van der Waals surface area contributed by atoms with Gasteiger partial charge in [-0.1, -0.05) is 90.4 Å². The highest BCUT2D eigenvalue weighted by Gasteiger charge is 2.34. The number of carbonyl (C=O) groups is 1. The summed E-state index contributed by atoms with van der Waals surface area (Å²) in [5.41, 5.74) is 0.547. The highest BCUT2D eigenvalue weighted by Crippen LogP contribution is 2.28. The minimum Gasteiger partial charge on any atom is -0.455 e. The Balaban J connectivity index is 1.46. The number of hydrogen-bond acceptors (Lipinski definition) is 8. The summed E-state index contributed by atoms with van der Waals surface area (Å²) in [4.78, 5) is 11.7. The zero-order valence-corrected chi connectivity index (χ0v) is 27.2. The largest absolute Gasteiger partial charge is 0.455 e. The molecule has 252 valence electrons. The molecule has 5 N–H and O–H groups in total. The average Bonchev–Trinajstić information content (AvgIpc) is 3.58. The third-order valence-corrected chi connectivity index (χ3v) is 9.16. The molecule has 0 amide bonds. The Morgan fingerprint density at radius 2 is 1.16 bits per heavy atom. The molecule has 2 aliphatic rings. The van der Waals surface area contributed by atoms with Gasteiger partial charge in [0.25, 0.3) is 0 Å². The van der Waals surface area contributed by atoms with Gasteiger partial charge in [0.2, 0.25) is 0 Å². The van der Waals surface area contributed by atoms with Crippen molar-refractivity contribution in [2.75, 3.05) is 0 Å². The average molecular weight is 613 g/mol. The van der Waals surface area contributed by atoms with Crippen LogP contribution in [0.2, 0.25) is 0 Å². The predicted octanol–water partition coefficient (Wildman–Crippen LogP) is 6.03. The molecule has 0 aliphatic carbocycles. The van der Waals surface area contributed by atoms with Gasteiger partial charge in [0.1, 0.15) is 6.10 Å². The SMILES string of the molecule is CCCCCCCCCCCC[C@H](O)[C@@H]1CC[C@@H]([C@@H](O)CC[C@H](O)C[C@H](O)CCCCC[C@@H](O)CC2=C[C@H](C)OC2=O)O1. The van der Waals surface area contributed by atoms with Gasteiger partial charge in [-0.05, 0) is 64.4 Å². The summed E-state index contributed by atoms with van der Waals surface area (Å²) < 4.78 is 11.1. The van der Waals surface area contributed by atoms with Gasteiger partial charge in [-0.15, -0.1) is 0 Å². The molecule has 43 heavy (non-hydrogen) atoms. The highest BCUT2D eigenvalue weighted by atomic mass is 16.5. The summed E-state index contributed by atoms with van der Waals surface area (Å²) in [6, 6.07) is 0. The maximum Gasteiger partial charge on any atom is 0.334 e. The topological polar surface area (TPSA) is 137 Å². The number of carbonyl (C=O) groups excluding carboxylic acids is 1. The molecule has 8 atom stereocenters. The van der Waals surface area contributed by atoms with Crippen molar-refractivity contribution >= 4 is 5.97 Å². The molecule has 2 heterocycles. The lowest BCUT2D eigenvalue weighted by molar-refractivity contribution is -0.139. The van der Waals surface area contributed by atoms with Crippen LogP contribution in [0, 0.1) is 0 Å². The van der Waals surface area contributed by atoms with Crippen molar-refractivity contribution in [2.24, 2.45) is 0 Å². The summed E-state index contributed by atoms with van der Waals surface area (Å²) in [7, 11) is 0. The molecule has 1 saturated heterocycles. The molecule has 0 saturated carbocycles. The molecule has 8 nitrogen and oxygen atoms in total. The lowest BCUT2D eigenvalue weighted by Gasteiger charge is -2.23. The van der Waals surface area contributed by atoms with Gasteiger partial charge in [0, 0.05) is 12.0 Å². The molecular formula is C35H64O8. The van der Waals surface area contributed by atoms with Gasteiger partial charge >= 0.3 is 5.97 Å². The Bertz CT molecular complexity index is 758. The third kappa shape index (κ3) is 16.7. The van der Waals surface area contributed by atoms with E-state index < -0.39 is 30.5 Å². The van der Waals surface area contributed by atoms with Gasteiger partial charge in [0.05, 0.1) is 42.7 Å². The molecule has 0 aromatic rings. The first-order chi connectivity index (χ1) is 20.7. The quantitative estimate of drug-likeness (QED) is 0.0590. The Kier molecular flexibility index (Phi) is 19.9. The molecule has 2 rings (SSSR count). The number of cyclic esters (lactones) is 1. The fourth-order valence-corrected chi connectivity index (χ4v) is 6.45. The van der Waals surface area contributed by atoms with Crippen molar-refractivity contribution in [1.82, 2.24) is 0 Å². The summed E-state index contributed by atoms with van der Waals surface area (Å²) in [6.07, 6.45) is 17.9. The smallest absolute Gasteiger partial charge is 0.334 e. The number of hydrogen-bond donors (Lipinski definition) is 5. The first-order valence-corrected chi connectivity index (χ1v) is 17.7. The van der Waals surface area contributed by atoms with Gasteiger partial charge < -0.3 is 35.0 Å². The van der Waals surface area contributed by atoms with E-state index in [0.29, 0.717) is 37.7 Å². The fraction of sp³-hybridized carbons (Fsp3) is 0.914. The van der Waals surface area contributed by atoms with Crippen LogP contribution in [0.4, 0.5) is 0 Å². The van der Waals surface area contributed by atoms with Crippen LogP contribution < -0.4 is 0 Å². The number of rotatable bonds is 26. The van der Waals surface area contributed by atoms with Crippen molar-refractivity contribution in [3.8, 4) is 0 Å². The van der Waals surface area contributed by atoms with Crippen molar-refractivity contribution < 1.29 is 39.8 Å². The molecule has 0 radical (unpaired) electrons. The van der Waals surface area contributed by atoms with Gasteiger partial charge in [0.15, 0.2) is 0 Å². The van der Waals surface area contributed by atoms with E-state index in [1.165, 1.54) is 51.4 Å². The van der Waals surface area contributed by atoms with E-state index in [2.05, 4.69) is 6.92 Å². The summed E-state index contributed by atoms with van der Waals surface area (Å²) >= 11 is 0. The van der Waals surface area contributed by atoms with E-state index in [4.69, 9.17) is 9.47 Å². The van der Waals surface area contributed by atoms with Crippen LogP contribution in [-0.4, -0.2) is 80.3 Å². The number of ether oxygens (including phenoxy) is 2. The van der Waals surface area contributed by atoms with Crippen molar-refractivity contribution in [3.63, 3.8) is 0 Å². The Morgan fingerprint density at radius 1 is 0.674 bits per heavy atom. The zero-order chi connectivity index (χ0) is 31.5. The summed E-state index contributed by atoms with van der Waals surface area (Å²) in [5.74, 6) is -0.339. The Morgan fingerprint density at radius 3 is 1.74 bits per heavy atom. The molecule has 0 unspecified atom stereocenters. The number of aliphatic hydroxyl groups is 5. The molecule has 8 heteroatoms. The van der Waals surface area contributed by atoms with E-state index in [-0.39, 0.29) is 30.7 Å². The maximum atomic E-state index is 11.7. The van der Waals surface area contributed by atoms with E-state index in [0.717, 1.165) is 51.4 Å². The first-order valence-electron chi connectivity index (χ1n) is 17.7. The van der Waals surface area contributed by atoms with E-state index in [9.17, 15) is 30.3 Å². The molecule has 0 aromatic heterocycles. The fourth-order valence-electron chi connectivity index (χ4n) is 6.45. The zero-order valence-electron chi connectivity index (χ0n) is 27.2. The lowest BCUT2D eigenvalue weighted by atomic mass is 9.97. The minimum atomic E-state index is -0.688. The molecule has 1 fully saturated rings. The normalized spacial score (nSPS) is 24.0. The predicted molar refractivity (Wildman–Crippen MR) is 170 cm³/mol. The van der Waals surface area contributed by atoms with Crippen molar-refractivity contribution in [2.45, 2.75) is 204 Å². The number of aliphatic hydroxyl groups excluding tert-OH is 5. The van der Waals surface area contributed by atoms with Crippen LogP contribution in [0.15, 0.2) is 11.6 Å².